The third kappa shape index (κ3) is 2.48. The average molecular weight is 312 g/mol. The number of aromatic nitrogens is 5. The van der Waals surface area contributed by atoms with Crippen LogP contribution < -0.4 is 0 Å². The van der Waals surface area contributed by atoms with Crippen molar-refractivity contribution in [3.8, 4) is 5.69 Å². The first-order valence-corrected chi connectivity index (χ1v) is 7.04. The second-order valence-corrected chi connectivity index (χ2v) is 5.80. The van der Waals surface area contributed by atoms with Gasteiger partial charge in [-0.05, 0) is 12.3 Å². The first-order chi connectivity index (χ1) is 8.52. The Morgan fingerprint density at radius 3 is 2.67 bits per heavy atom. The Hall–Kier alpha value is -1.17. The molecule has 5 nitrogen and oxygen atoms in total. The summed E-state index contributed by atoms with van der Waals surface area (Å²) in [6.07, 6.45) is 4.93. The van der Waals surface area contributed by atoms with Crippen molar-refractivity contribution < 1.29 is 0 Å². The van der Waals surface area contributed by atoms with Crippen molar-refractivity contribution in [2.75, 3.05) is 0 Å². The fraction of sp³-hybridized carbons (Fsp3) is 0.583. The molecule has 0 bridgehead atoms. The lowest BCUT2D eigenvalue weighted by Gasteiger charge is -2.04. The van der Waals surface area contributed by atoms with Crippen molar-refractivity contribution in [2.45, 2.75) is 37.9 Å². The summed E-state index contributed by atoms with van der Waals surface area (Å²) >= 11 is 3.59. The Balaban J connectivity index is 2.39. The number of aryl methyl sites for hydroxylation is 1. The number of nitrogens with zero attached hydrogens (tertiary/aromatic N) is 5. The minimum atomic E-state index is 0.255. The summed E-state index contributed by atoms with van der Waals surface area (Å²) < 4.78 is 3.62. The SMILES string of the molecule is CCC(Br)c1cn(-c2cn(C)nc2C(C)C)nn1. The molecule has 2 heterocycles. The van der Waals surface area contributed by atoms with Gasteiger partial charge in [0.1, 0.15) is 5.69 Å². The first kappa shape index (κ1) is 13.3. The molecule has 0 fully saturated rings. The molecule has 2 aromatic heterocycles. The van der Waals surface area contributed by atoms with Crippen LogP contribution >= 0.6 is 15.9 Å². The Labute approximate surface area is 115 Å². The predicted octanol–water partition coefficient (Wildman–Crippen LogP) is 2.97. The van der Waals surface area contributed by atoms with Crippen LogP contribution in [0.2, 0.25) is 0 Å². The van der Waals surface area contributed by atoms with Gasteiger partial charge in [0.25, 0.3) is 0 Å². The molecule has 1 unspecified atom stereocenters. The second kappa shape index (κ2) is 5.22. The lowest BCUT2D eigenvalue weighted by atomic mass is 10.1. The van der Waals surface area contributed by atoms with E-state index in [2.05, 4.69) is 52.1 Å². The normalized spacial score (nSPS) is 13.2. The van der Waals surface area contributed by atoms with Gasteiger partial charge in [-0.25, -0.2) is 4.68 Å². The summed E-state index contributed by atoms with van der Waals surface area (Å²) in [5.41, 5.74) is 3.00. The molecule has 0 radical (unpaired) electrons. The zero-order valence-electron chi connectivity index (χ0n) is 11.1. The van der Waals surface area contributed by atoms with Gasteiger partial charge in [-0.15, -0.1) is 5.10 Å². The molecular weight excluding hydrogens is 294 g/mol. The van der Waals surface area contributed by atoms with E-state index in [-0.39, 0.29) is 4.83 Å². The van der Waals surface area contributed by atoms with E-state index in [0.29, 0.717) is 5.92 Å². The van der Waals surface area contributed by atoms with E-state index in [1.807, 2.05) is 28.8 Å². The standard InChI is InChI=1S/C12H18BrN5/c1-5-9(13)10-6-18(16-14-10)11-7-17(4)15-12(11)8(2)3/h6-9H,5H2,1-4H3. The van der Waals surface area contributed by atoms with Crippen molar-refractivity contribution >= 4 is 15.9 Å². The number of halogens is 1. The van der Waals surface area contributed by atoms with Gasteiger partial charge in [-0.1, -0.05) is 41.9 Å². The molecule has 6 heteroatoms. The molecule has 1 atom stereocenters. The summed E-state index contributed by atoms with van der Waals surface area (Å²) in [7, 11) is 1.92. The maximum Gasteiger partial charge on any atom is 0.108 e. The number of hydrogen-bond donors (Lipinski definition) is 0. The summed E-state index contributed by atoms with van der Waals surface area (Å²) in [5.74, 6) is 0.361. The lowest BCUT2D eigenvalue weighted by Crippen LogP contribution is -2.00. The minimum absolute atomic E-state index is 0.255. The molecule has 0 aliphatic heterocycles. The van der Waals surface area contributed by atoms with E-state index in [1.54, 1.807) is 0 Å². The van der Waals surface area contributed by atoms with Crippen LogP contribution in [0.3, 0.4) is 0 Å². The van der Waals surface area contributed by atoms with Gasteiger partial charge in [0, 0.05) is 7.05 Å². The Kier molecular flexibility index (Phi) is 3.85. The lowest BCUT2D eigenvalue weighted by molar-refractivity contribution is 0.709. The monoisotopic (exact) mass is 311 g/mol. The van der Waals surface area contributed by atoms with Crippen molar-refractivity contribution in [1.82, 2.24) is 24.8 Å². The van der Waals surface area contributed by atoms with Gasteiger partial charge in [-0.2, -0.15) is 5.10 Å². The van der Waals surface area contributed by atoms with Gasteiger partial charge in [-0.3, -0.25) is 4.68 Å². The van der Waals surface area contributed by atoms with E-state index >= 15 is 0 Å². The largest absolute Gasteiger partial charge is 0.273 e. The fourth-order valence-corrected chi connectivity index (χ4v) is 2.04. The Morgan fingerprint density at radius 2 is 2.06 bits per heavy atom. The Morgan fingerprint density at radius 1 is 1.33 bits per heavy atom. The van der Waals surface area contributed by atoms with Gasteiger partial charge in [0.15, 0.2) is 0 Å². The first-order valence-electron chi connectivity index (χ1n) is 6.13. The van der Waals surface area contributed by atoms with Crippen LogP contribution in [0, 0.1) is 0 Å². The molecule has 0 saturated carbocycles. The van der Waals surface area contributed by atoms with Gasteiger partial charge in [0.05, 0.1) is 28.6 Å². The molecule has 18 heavy (non-hydrogen) atoms. The number of hydrogen-bond acceptors (Lipinski definition) is 3. The van der Waals surface area contributed by atoms with Gasteiger partial charge in [0.2, 0.25) is 0 Å². The van der Waals surface area contributed by atoms with Crippen LogP contribution in [0.15, 0.2) is 12.4 Å². The van der Waals surface area contributed by atoms with Crippen LogP contribution in [0.25, 0.3) is 5.69 Å². The molecule has 0 aliphatic carbocycles. The zero-order valence-corrected chi connectivity index (χ0v) is 12.7. The van der Waals surface area contributed by atoms with Crippen LogP contribution in [0.5, 0.6) is 0 Å². The van der Waals surface area contributed by atoms with Crippen molar-refractivity contribution in [3.63, 3.8) is 0 Å². The maximum absolute atomic E-state index is 4.48. The molecule has 0 saturated heterocycles. The molecule has 0 aromatic carbocycles. The minimum Gasteiger partial charge on any atom is -0.273 e. The highest BCUT2D eigenvalue weighted by molar-refractivity contribution is 9.09. The summed E-state index contributed by atoms with van der Waals surface area (Å²) in [6, 6.07) is 0. The summed E-state index contributed by atoms with van der Waals surface area (Å²) in [4.78, 5) is 0.255. The molecule has 0 spiro atoms. The van der Waals surface area contributed by atoms with Gasteiger partial charge < -0.3 is 0 Å². The summed E-state index contributed by atoms with van der Waals surface area (Å²) in [6.45, 7) is 6.37. The number of alkyl halides is 1. The number of rotatable bonds is 4. The molecule has 0 aliphatic rings. The van der Waals surface area contributed by atoms with E-state index in [0.717, 1.165) is 23.5 Å². The molecule has 0 N–H and O–H groups in total. The van der Waals surface area contributed by atoms with Crippen LogP contribution in [-0.2, 0) is 7.05 Å². The van der Waals surface area contributed by atoms with E-state index < -0.39 is 0 Å². The smallest absolute Gasteiger partial charge is 0.108 e. The summed E-state index contributed by atoms with van der Waals surface area (Å²) in [5, 5.41) is 12.9. The van der Waals surface area contributed by atoms with E-state index in [4.69, 9.17) is 0 Å². The van der Waals surface area contributed by atoms with Crippen molar-refractivity contribution in [1.29, 1.82) is 0 Å². The molecule has 2 rings (SSSR count). The Bertz CT molecular complexity index is 528. The topological polar surface area (TPSA) is 48.5 Å². The molecular formula is C12H18BrN5. The predicted molar refractivity (Wildman–Crippen MR) is 74.2 cm³/mol. The van der Waals surface area contributed by atoms with Crippen LogP contribution in [-0.4, -0.2) is 24.8 Å². The molecule has 98 valence electrons. The zero-order chi connectivity index (χ0) is 13.3. The highest BCUT2D eigenvalue weighted by Gasteiger charge is 2.16. The molecule has 2 aromatic rings. The maximum atomic E-state index is 4.48. The third-order valence-electron chi connectivity index (χ3n) is 2.82. The van der Waals surface area contributed by atoms with Gasteiger partial charge >= 0.3 is 0 Å². The quantitative estimate of drug-likeness (QED) is 0.816. The highest BCUT2D eigenvalue weighted by Crippen LogP contribution is 2.26. The van der Waals surface area contributed by atoms with Crippen molar-refractivity contribution in [3.05, 3.63) is 23.8 Å². The third-order valence-corrected chi connectivity index (χ3v) is 3.94. The second-order valence-electron chi connectivity index (χ2n) is 4.69. The van der Waals surface area contributed by atoms with Crippen LogP contribution in [0.1, 0.15) is 49.3 Å². The van der Waals surface area contributed by atoms with E-state index in [1.165, 1.54) is 0 Å². The van der Waals surface area contributed by atoms with E-state index in [9.17, 15) is 0 Å². The molecule has 0 amide bonds. The van der Waals surface area contributed by atoms with Crippen LogP contribution in [0.4, 0.5) is 0 Å². The van der Waals surface area contributed by atoms with Crippen molar-refractivity contribution in [2.24, 2.45) is 7.05 Å². The fourth-order valence-electron chi connectivity index (χ4n) is 1.83. The highest BCUT2D eigenvalue weighted by atomic mass is 79.9. The average Bonchev–Trinajstić information content (AvgIpc) is 2.93.